The van der Waals surface area contributed by atoms with Gasteiger partial charge in [-0.2, -0.15) is 0 Å². The molecule has 0 aliphatic carbocycles. The zero-order valence-electron chi connectivity index (χ0n) is 8.11. The Kier molecular flexibility index (Phi) is 4.32. The van der Waals surface area contributed by atoms with Crippen LogP contribution in [0, 0.1) is 6.57 Å². The Hall–Kier alpha value is -1.86. The largest absolute Gasteiger partial charge is 0.487 e. The monoisotopic (exact) mass is 206 g/mol. The first-order valence-corrected chi connectivity index (χ1v) is 4.41. The minimum Gasteiger partial charge on any atom is -0.487 e. The SMILES string of the molecule is [C-]#[N+]c1ccc(OC/C(F)=C\CN)cc1. The van der Waals surface area contributed by atoms with E-state index in [0.29, 0.717) is 11.4 Å². The molecule has 4 heteroatoms. The number of ether oxygens (including phenoxy) is 1. The highest BCUT2D eigenvalue weighted by Gasteiger charge is 1.97. The molecule has 15 heavy (non-hydrogen) atoms. The summed E-state index contributed by atoms with van der Waals surface area (Å²) in [4.78, 5) is 3.23. The van der Waals surface area contributed by atoms with Gasteiger partial charge in [0.2, 0.25) is 0 Å². The fraction of sp³-hybridized carbons (Fsp3) is 0.182. The molecule has 78 valence electrons. The van der Waals surface area contributed by atoms with E-state index in [4.69, 9.17) is 17.0 Å². The van der Waals surface area contributed by atoms with Gasteiger partial charge in [0.1, 0.15) is 18.2 Å². The zero-order chi connectivity index (χ0) is 11.1. The molecule has 1 aromatic carbocycles. The zero-order valence-corrected chi connectivity index (χ0v) is 8.11. The number of benzene rings is 1. The maximum absolute atomic E-state index is 12.8. The highest BCUT2D eigenvalue weighted by molar-refractivity contribution is 5.46. The summed E-state index contributed by atoms with van der Waals surface area (Å²) in [6, 6.07) is 6.49. The molecular weight excluding hydrogens is 195 g/mol. The van der Waals surface area contributed by atoms with Crippen molar-refractivity contribution in [1.29, 1.82) is 0 Å². The summed E-state index contributed by atoms with van der Waals surface area (Å²) in [5.74, 6) is 0.134. The van der Waals surface area contributed by atoms with E-state index in [1.54, 1.807) is 24.3 Å². The van der Waals surface area contributed by atoms with Gasteiger partial charge >= 0.3 is 0 Å². The Morgan fingerprint density at radius 1 is 1.47 bits per heavy atom. The molecule has 2 N–H and O–H groups in total. The van der Waals surface area contributed by atoms with Crippen molar-refractivity contribution in [3.8, 4) is 5.75 Å². The molecule has 0 aliphatic heterocycles. The molecule has 0 heterocycles. The van der Waals surface area contributed by atoms with Gasteiger partial charge in [-0.05, 0) is 18.2 Å². The Balaban J connectivity index is 2.52. The fourth-order valence-electron chi connectivity index (χ4n) is 0.956. The minimum absolute atomic E-state index is 0.130. The first kappa shape index (κ1) is 11.2. The third kappa shape index (κ3) is 3.79. The highest BCUT2D eigenvalue weighted by atomic mass is 19.1. The van der Waals surface area contributed by atoms with Crippen LogP contribution >= 0.6 is 0 Å². The van der Waals surface area contributed by atoms with E-state index in [9.17, 15) is 4.39 Å². The summed E-state index contributed by atoms with van der Waals surface area (Å²) >= 11 is 0. The second-order valence-corrected chi connectivity index (χ2v) is 2.78. The van der Waals surface area contributed by atoms with Crippen molar-refractivity contribution >= 4 is 5.69 Å². The molecule has 0 aliphatic rings. The molecule has 0 unspecified atom stereocenters. The van der Waals surface area contributed by atoms with Crippen molar-refractivity contribution < 1.29 is 9.13 Å². The van der Waals surface area contributed by atoms with E-state index in [1.165, 1.54) is 6.08 Å². The van der Waals surface area contributed by atoms with E-state index in [2.05, 4.69) is 4.85 Å². The number of rotatable bonds is 4. The van der Waals surface area contributed by atoms with Gasteiger partial charge in [0.15, 0.2) is 5.69 Å². The van der Waals surface area contributed by atoms with Crippen molar-refractivity contribution in [1.82, 2.24) is 0 Å². The first-order valence-electron chi connectivity index (χ1n) is 4.41. The van der Waals surface area contributed by atoms with Crippen molar-refractivity contribution in [2.45, 2.75) is 0 Å². The van der Waals surface area contributed by atoms with Crippen LogP contribution in [0.25, 0.3) is 4.85 Å². The molecule has 3 nitrogen and oxygen atoms in total. The van der Waals surface area contributed by atoms with Gasteiger partial charge in [0.25, 0.3) is 0 Å². The summed E-state index contributed by atoms with van der Waals surface area (Å²) in [6.45, 7) is 6.77. The van der Waals surface area contributed by atoms with Gasteiger partial charge in [0, 0.05) is 6.54 Å². The van der Waals surface area contributed by atoms with E-state index < -0.39 is 5.83 Å². The molecular formula is C11H11FN2O. The summed E-state index contributed by atoms with van der Waals surface area (Å²) in [6.07, 6.45) is 1.26. The van der Waals surface area contributed by atoms with Crippen LogP contribution in [0.4, 0.5) is 10.1 Å². The molecule has 0 amide bonds. The van der Waals surface area contributed by atoms with Crippen LogP contribution in [-0.2, 0) is 0 Å². The number of halogens is 1. The molecule has 0 bridgehead atoms. The van der Waals surface area contributed by atoms with Crippen LogP contribution < -0.4 is 10.5 Å². The van der Waals surface area contributed by atoms with Gasteiger partial charge < -0.3 is 10.5 Å². The smallest absolute Gasteiger partial charge is 0.187 e. The lowest BCUT2D eigenvalue weighted by Crippen LogP contribution is -2.01. The van der Waals surface area contributed by atoms with E-state index in [0.717, 1.165) is 0 Å². The summed E-state index contributed by atoms with van der Waals surface area (Å²) in [5.41, 5.74) is 5.66. The quantitative estimate of drug-likeness (QED) is 0.768. The van der Waals surface area contributed by atoms with Crippen LogP contribution in [0.15, 0.2) is 36.2 Å². The summed E-state index contributed by atoms with van der Waals surface area (Å²) in [7, 11) is 0. The summed E-state index contributed by atoms with van der Waals surface area (Å²) in [5, 5.41) is 0. The molecule has 1 rings (SSSR count). The van der Waals surface area contributed by atoms with Crippen LogP contribution in [0.1, 0.15) is 0 Å². The van der Waals surface area contributed by atoms with Gasteiger partial charge in [-0.1, -0.05) is 12.1 Å². The van der Waals surface area contributed by atoms with Gasteiger partial charge in [0.05, 0.1) is 6.57 Å². The maximum atomic E-state index is 12.8. The fourth-order valence-corrected chi connectivity index (χ4v) is 0.956. The van der Waals surface area contributed by atoms with E-state index >= 15 is 0 Å². The predicted molar refractivity (Wildman–Crippen MR) is 56.4 cm³/mol. The number of nitrogens with zero attached hydrogens (tertiary/aromatic N) is 1. The highest BCUT2D eigenvalue weighted by Crippen LogP contribution is 2.18. The topological polar surface area (TPSA) is 39.6 Å². The third-order valence-electron chi connectivity index (χ3n) is 1.68. The van der Waals surface area contributed by atoms with Gasteiger partial charge in [-0.3, -0.25) is 0 Å². The van der Waals surface area contributed by atoms with Gasteiger partial charge in [-0.15, -0.1) is 0 Å². The van der Waals surface area contributed by atoms with Crippen LogP contribution in [0.2, 0.25) is 0 Å². The normalized spacial score (nSPS) is 10.9. The molecule has 1 aromatic rings. The molecule has 0 saturated carbocycles. The second-order valence-electron chi connectivity index (χ2n) is 2.78. The van der Waals surface area contributed by atoms with Crippen LogP contribution in [0.5, 0.6) is 5.75 Å². The number of hydrogen-bond acceptors (Lipinski definition) is 2. The molecule has 0 radical (unpaired) electrons. The lowest BCUT2D eigenvalue weighted by atomic mass is 10.3. The second kappa shape index (κ2) is 5.78. The third-order valence-corrected chi connectivity index (χ3v) is 1.68. The Morgan fingerprint density at radius 2 is 2.13 bits per heavy atom. The Morgan fingerprint density at radius 3 is 2.67 bits per heavy atom. The summed E-state index contributed by atoms with van der Waals surface area (Å²) < 4.78 is 18.0. The molecule has 0 spiro atoms. The molecule has 0 saturated heterocycles. The predicted octanol–water partition coefficient (Wildman–Crippen LogP) is 2.43. The van der Waals surface area contributed by atoms with E-state index in [1.807, 2.05) is 0 Å². The lowest BCUT2D eigenvalue weighted by molar-refractivity contribution is 0.318. The first-order chi connectivity index (χ1) is 7.26. The van der Waals surface area contributed by atoms with Crippen molar-refractivity contribution in [2.24, 2.45) is 5.73 Å². The Labute approximate surface area is 87.8 Å². The maximum Gasteiger partial charge on any atom is 0.187 e. The molecule has 0 atom stereocenters. The van der Waals surface area contributed by atoms with Crippen LogP contribution in [-0.4, -0.2) is 13.2 Å². The Bertz CT molecular complexity index is 379. The standard InChI is InChI=1S/C11H11FN2O/c1-14-10-2-4-11(5-3-10)15-8-9(12)6-7-13/h2-6H,7-8,13H2/b9-6+. The van der Waals surface area contributed by atoms with Crippen molar-refractivity contribution in [3.05, 3.63) is 47.6 Å². The van der Waals surface area contributed by atoms with Crippen molar-refractivity contribution in [3.63, 3.8) is 0 Å². The average molecular weight is 206 g/mol. The van der Waals surface area contributed by atoms with E-state index in [-0.39, 0.29) is 13.2 Å². The molecule has 0 aromatic heterocycles. The number of nitrogens with two attached hydrogens (primary N) is 1. The molecule has 0 fully saturated rings. The lowest BCUT2D eigenvalue weighted by Gasteiger charge is -2.03. The number of hydrogen-bond donors (Lipinski definition) is 1. The average Bonchev–Trinajstić information content (AvgIpc) is 2.27. The minimum atomic E-state index is -0.397. The van der Waals surface area contributed by atoms with Crippen LogP contribution in [0.3, 0.4) is 0 Å². The van der Waals surface area contributed by atoms with Gasteiger partial charge in [-0.25, -0.2) is 9.24 Å². The van der Waals surface area contributed by atoms with Crippen molar-refractivity contribution in [2.75, 3.05) is 13.2 Å².